The molecule has 1 saturated heterocycles. The normalized spacial score (nSPS) is 18.5. The van der Waals surface area contributed by atoms with Crippen LogP contribution in [0.4, 0.5) is 4.79 Å². The second kappa shape index (κ2) is 16.1. The Morgan fingerprint density at radius 2 is 1.73 bits per heavy atom. The number of piperazine rings is 1. The van der Waals surface area contributed by atoms with Gasteiger partial charge in [-0.3, -0.25) is 9.79 Å². The Morgan fingerprint density at radius 1 is 1.05 bits per heavy atom. The van der Waals surface area contributed by atoms with Gasteiger partial charge < -0.3 is 31.9 Å². The fourth-order valence-corrected chi connectivity index (χ4v) is 8.90. The molecule has 1 aromatic carbocycles. The molecule has 3 rings (SSSR count). The maximum Gasteiger partial charge on any atom is 0.318 e. The molecule has 0 bridgehead atoms. The summed E-state index contributed by atoms with van der Waals surface area (Å²) in [6.45, 7) is 3.10. The summed E-state index contributed by atoms with van der Waals surface area (Å²) in [4.78, 5) is 34.6. The fourth-order valence-electron chi connectivity index (χ4n) is 4.98. The highest BCUT2D eigenvalue weighted by Crippen LogP contribution is 2.31. The van der Waals surface area contributed by atoms with Crippen LogP contribution in [-0.2, 0) is 20.1 Å². The summed E-state index contributed by atoms with van der Waals surface area (Å²) in [5.41, 5.74) is 11.8. The monoisotopic (exact) mass is 595 g/mol. The van der Waals surface area contributed by atoms with Gasteiger partial charge in [-0.05, 0) is 49.1 Å². The van der Waals surface area contributed by atoms with E-state index in [9.17, 15) is 18.0 Å². The van der Waals surface area contributed by atoms with Crippen LogP contribution in [0.3, 0.4) is 0 Å². The summed E-state index contributed by atoms with van der Waals surface area (Å²) in [5, 5.41) is 5.64. The molecular formula is C27H45N7O4S2. The Labute approximate surface area is 242 Å². The molecule has 1 aromatic rings. The van der Waals surface area contributed by atoms with Crippen LogP contribution in [0.5, 0.6) is 0 Å². The minimum Gasteiger partial charge on any atom is -0.370 e. The van der Waals surface area contributed by atoms with E-state index in [0.717, 1.165) is 48.7 Å². The summed E-state index contributed by atoms with van der Waals surface area (Å²) >= 11 is 0. The van der Waals surface area contributed by atoms with Gasteiger partial charge in [0.2, 0.25) is 14.8 Å². The van der Waals surface area contributed by atoms with E-state index in [4.69, 9.17) is 11.5 Å². The number of nitrogens with one attached hydrogen (secondary N) is 2. The Balaban J connectivity index is 1.69. The maximum atomic E-state index is 13.6. The van der Waals surface area contributed by atoms with Crippen molar-refractivity contribution >= 4 is 37.6 Å². The summed E-state index contributed by atoms with van der Waals surface area (Å²) < 4.78 is 26.1. The fraction of sp³-hybridized carbons (Fsp3) is 0.667. The molecule has 1 heterocycles. The standard InChI is InChI=1S/C27H45N7O4S2/c1-33-15-17-34(18-16-33)27(36)32-24(19-21-9-4-2-5-10-21)25(35)31-22(11-8-14-30-26(28)29)20-39-40(37,38)23-12-6-3-7-13-23/h2,4-5,9-10,22-24H,3,6-8,11-20H2,1H3,(H,31,35)(H,32,36)(H4,28,29,30)/t22-,24-/m0/s1. The Hall–Kier alpha value is -2.51. The quantitative estimate of drug-likeness (QED) is 0.115. The highest BCUT2D eigenvalue weighted by molar-refractivity contribution is 8.72. The number of carbonyl (C=O) groups is 2. The molecule has 2 atom stereocenters. The molecule has 2 aliphatic rings. The predicted molar refractivity (Wildman–Crippen MR) is 162 cm³/mol. The predicted octanol–water partition coefficient (Wildman–Crippen LogP) is 1.49. The van der Waals surface area contributed by atoms with Crippen LogP contribution >= 0.6 is 10.8 Å². The van der Waals surface area contributed by atoms with E-state index in [1.165, 1.54) is 0 Å². The van der Waals surface area contributed by atoms with Gasteiger partial charge in [0.25, 0.3) is 0 Å². The van der Waals surface area contributed by atoms with Crippen molar-refractivity contribution in [1.29, 1.82) is 0 Å². The Kier molecular flexibility index (Phi) is 12.9. The van der Waals surface area contributed by atoms with Gasteiger partial charge in [0.15, 0.2) is 5.96 Å². The molecule has 0 radical (unpaired) electrons. The number of benzene rings is 1. The third kappa shape index (κ3) is 10.8. The van der Waals surface area contributed by atoms with Crippen LogP contribution in [0, 0.1) is 0 Å². The molecule has 2 fully saturated rings. The number of amides is 3. The van der Waals surface area contributed by atoms with Crippen LogP contribution in [0.2, 0.25) is 0 Å². The molecular weight excluding hydrogens is 550 g/mol. The number of carbonyl (C=O) groups excluding carboxylic acids is 2. The van der Waals surface area contributed by atoms with E-state index in [1.807, 2.05) is 37.4 Å². The van der Waals surface area contributed by atoms with E-state index < -0.39 is 21.0 Å². The number of nitrogens with zero attached hydrogens (tertiary/aromatic N) is 3. The number of nitrogens with two attached hydrogens (primary N) is 2. The Bertz CT molecular complexity index is 1070. The molecule has 13 heteroatoms. The third-order valence-electron chi connectivity index (χ3n) is 7.43. The molecule has 1 aliphatic heterocycles. The zero-order chi connectivity index (χ0) is 29.0. The highest BCUT2D eigenvalue weighted by atomic mass is 33.1. The second-order valence-electron chi connectivity index (χ2n) is 10.7. The molecule has 224 valence electrons. The minimum absolute atomic E-state index is 0.00983. The van der Waals surface area contributed by atoms with Crippen LogP contribution in [0.15, 0.2) is 35.3 Å². The Morgan fingerprint density at radius 3 is 2.38 bits per heavy atom. The molecule has 1 saturated carbocycles. The van der Waals surface area contributed by atoms with Gasteiger partial charge >= 0.3 is 6.03 Å². The molecule has 0 unspecified atom stereocenters. The second-order valence-corrected chi connectivity index (χ2v) is 15.0. The minimum atomic E-state index is -3.35. The number of rotatable bonds is 13. The molecule has 0 aromatic heterocycles. The smallest absolute Gasteiger partial charge is 0.318 e. The molecule has 1 aliphatic carbocycles. The molecule has 0 spiro atoms. The van der Waals surface area contributed by atoms with Crippen LogP contribution in [0.25, 0.3) is 0 Å². The van der Waals surface area contributed by atoms with Crippen molar-refractivity contribution < 1.29 is 18.0 Å². The first-order valence-electron chi connectivity index (χ1n) is 14.2. The van der Waals surface area contributed by atoms with Crippen molar-refractivity contribution in [3.05, 3.63) is 35.9 Å². The van der Waals surface area contributed by atoms with Gasteiger partial charge in [0, 0.05) is 50.9 Å². The summed E-state index contributed by atoms with van der Waals surface area (Å²) in [5.74, 6) is -0.130. The lowest BCUT2D eigenvalue weighted by molar-refractivity contribution is -0.123. The molecule has 6 N–H and O–H groups in total. The van der Waals surface area contributed by atoms with Gasteiger partial charge in [-0.15, -0.1) is 0 Å². The average Bonchev–Trinajstić information content (AvgIpc) is 2.94. The number of urea groups is 1. The van der Waals surface area contributed by atoms with Crippen LogP contribution in [0.1, 0.15) is 50.5 Å². The number of likely N-dealkylation sites (N-methyl/N-ethyl adjacent to an activating group) is 1. The van der Waals surface area contributed by atoms with Crippen molar-refractivity contribution in [3.8, 4) is 0 Å². The van der Waals surface area contributed by atoms with E-state index in [-0.39, 0.29) is 28.9 Å². The number of aliphatic imine (C=N–C) groups is 1. The van der Waals surface area contributed by atoms with Gasteiger partial charge in [0.05, 0.1) is 5.25 Å². The first kappa shape index (κ1) is 32.0. The first-order chi connectivity index (χ1) is 19.1. The zero-order valence-electron chi connectivity index (χ0n) is 23.5. The molecule has 3 amide bonds. The van der Waals surface area contributed by atoms with Crippen LogP contribution in [-0.4, -0.2) is 99.0 Å². The van der Waals surface area contributed by atoms with Gasteiger partial charge in [-0.1, -0.05) is 49.6 Å². The molecule has 40 heavy (non-hydrogen) atoms. The number of guanidine groups is 1. The van der Waals surface area contributed by atoms with Crippen LogP contribution < -0.4 is 22.1 Å². The van der Waals surface area contributed by atoms with Crippen molar-refractivity contribution in [3.63, 3.8) is 0 Å². The van der Waals surface area contributed by atoms with E-state index in [0.29, 0.717) is 51.7 Å². The SMILES string of the molecule is CN1CCN(C(=O)N[C@@H](Cc2ccccc2)C(=O)N[C@@H](CCCN=C(N)N)CSS(=O)(=O)C2CCCCC2)CC1. The zero-order valence-corrected chi connectivity index (χ0v) is 25.1. The van der Waals surface area contributed by atoms with E-state index in [2.05, 4.69) is 20.5 Å². The van der Waals surface area contributed by atoms with E-state index >= 15 is 0 Å². The van der Waals surface area contributed by atoms with Gasteiger partial charge in [-0.2, -0.15) is 0 Å². The lowest BCUT2D eigenvalue weighted by Crippen LogP contribution is -2.57. The highest BCUT2D eigenvalue weighted by Gasteiger charge is 2.31. The summed E-state index contributed by atoms with van der Waals surface area (Å²) in [6.07, 6.45) is 5.70. The van der Waals surface area contributed by atoms with Crippen molar-refractivity contribution in [1.82, 2.24) is 20.4 Å². The topological polar surface area (TPSA) is 163 Å². The number of hydrogen-bond acceptors (Lipinski definition) is 7. The largest absolute Gasteiger partial charge is 0.370 e. The first-order valence-corrected chi connectivity index (χ1v) is 17.2. The van der Waals surface area contributed by atoms with E-state index in [1.54, 1.807) is 4.90 Å². The van der Waals surface area contributed by atoms with Gasteiger partial charge in [-0.25, -0.2) is 13.2 Å². The lowest BCUT2D eigenvalue weighted by Gasteiger charge is -2.33. The summed E-state index contributed by atoms with van der Waals surface area (Å²) in [7, 11) is -0.409. The third-order valence-corrected chi connectivity index (χ3v) is 11.8. The average molecular weight is 596 g/mol. The molecule has 11 nitrogen and oxygen atoms in total. The van der Waals surface area contributed by atoms with Crippen molar-refractivity contribution in [2.45, 2.75) is 68.7 Å². The maximum absolute atomic E-state index is 13.6. The number of hydrogen-bond donors (Lipinski definition) is 4. The summed E-state index contributed by atoms with van der Waals surface area (Å²) in [6, 6.07) is 8.01. The van der Waals surface area contributed by atoms with Crippen molar-refractivity contribution in [2.24, 2.45) is 16.5 Å². The van der Waals surface area contributed by atoms with Gasteiger partial charge in [0.1, 0.15) is 6.04 Å². The van der Waals surface area contributed by atoms with Crippen molar-refractivity contribution in [2.75, 3.05) is 45.5 Å². The lowest BCUT2D eigenvalue weighted by atomic mass is 10.0.